The minimum absolute atomic E-state index is 1.20. The molecule has 0 aromatic heterocycles. The summed E-state index contributed by atoms with van der Waals surface area (Å²) in [7, 11) is 0. The second kappa shape index (κ2) is 13.1. The molecule has 240 valence electrons. The molecule has 0 spiro atoms. The highest BCUT2D eigenvalue weighted by Crippen LogP contribution is 2.45. The van der Waals surface area contributed by atoms with E-state index in [4.69, 9.17) is 0 Å². The summed E-state index contributed by atoms with van der Waals surface area (Å²) in [4.78, 5) is 0. The highest BCUT2D eigenvalue weighted by molar-refractivity contribution is 6.21. The largest absolute Gasteiger partial charge is 0.0622 e. The van der Waals surface area contributed by atoms with Crippen molar-refractivity contribution in [1.29, 1.82) is 0 Å². The van der Waals surface area contributed by atoms with E-state index >= 15 is 0 Å². The first-order valence-corrected chi connectivity index (χ1v) is 17.7. The fraction of sp³-hybridized carbons (Fsp3) is 0.0196. The van der Waals surface area contributed by atoms with Crippen LogP contribution in [0.5, 0.6) is 0 Å². The van der Waals surface area contributed by atoms with Gasteiger partial charge in [0.1, 0.15) is 0 Å². The van der Waals surface area contributed by atoms with E-state index < -0.39 is 0 Å². The van der Waals surface area contributed by atoms with Gasteiger partial charge in [-0.15, -0.1) is 0 Å². The lowest BCUT2D eigenvalue weighted by atomic mass is 9.84. The van der Waals surface area contributed by atoms with E-state index in [1.54, 1.807) is 0 Å². The van der Waals surface area contributed by atoms with E-state index in [-0.39, 0.29) is 0 Å². The van der Waals surface area contributed by atoms with Gasteiger partial charge < -0.3 is 0 Å². The number of hydrogen-bond acceptors (Lipinski definition) is 0. The Hall–Kier alpha value is -6.50. The summed E-state index contributed by atoms with van der Waals surface area (Å²) in [6.45, 7) is 2.18. The quantitative estimate of drug-likeness (QED) is 0.157. The van der Waals surface area contributed by atoms with Crippen LogP contribution in [0.1, 0.15) is 5.56 Å². The first-order valence-electron chi connectivity index (χ1n) is 17.7. The minimum atomic E-state index is 1.20. The van der Waals surface area contributed by atoms with E-state index in [0.29, 0.717) is 0 Å². The van der Waals surface area contributed by atoms with Gasteiger partial charge in [-0.05, 0) is 126 Å². The highest BCUT2D eigenvalue weighted by Gasteiger charge is 2.18. The smallest absolute Gasteiger partial charge is 0.00259 e. The summed E-state index contributed by atoms with van der Waals surface area (Å²) < 4.78 is 0. The maximum Gasteiger partial charge on any atom is -0.00259 e. The van der Waals surface area contributed by atoms with Gasteiger partial charge in [-0.3, -0.25) is 0 Å². The van der Waals surface area contributed by atoms with Crippen molar-refractivity contribution in [1.82, 2.24) is 0 Å². The molecule has 0 nitrogen and oxygen atoms in total. The monoisotopic (exact) mass is 648 g/mol. The van der Waals surface area contributed by atoms with Crippen LogP contribution in [-0.2, 0) is 0 Å². The van der Waals surface area contributed by atoms with Gasteiger partial charge in [0, 0.05) is 0 Å². The Labute approximate surface area is 300 Å². The molecular weight excluding hydrogens is 613 g/mol. The summed E-state index contributed by atoms with van der Waals surface area (Å²) in [5.41, 5.74) is 15.9. The molecule has 0 bridgehead atoms. The van der Waals surface area contributed by atoms with E-state index in [0.717, 1.165) is 0 Å². The molecule has 0 heterocycles. The molecule has 0 aliphatic rings. The molecule has 0 saturated carbocycles. The zero-order chi connectivity index (χ0) is 34.1. The van der Waals surface area contributed by atoms with E-state index in [1.165, 1.54) is 93.9 Å². The third kappa shape index (κ3) is 5.82. The van der Waals surface area contributed by atoms with Crippen LogP contribution >= 0.6 is 0 Å². The number of rotatable bonds is 6. The molecule has 0 radical (unpaired) electrons. The Morgan fingerprint density at radius 1 is 0.216 bits per heavy atom. The molecule has 51 heavy (non-hydrogen) atoms. The Bertz CT molecular complexity index is 2520. The van der Waals surface area contributed by atoms with Crippen LogP contribution in [0.3, 0.4) is 0 Å². The van der Waals surface area contributed by atoms with E-state index in [1.807, 2.05) is 0 Å². The lowest BCUT2D eigenvalue weighted by Gasteiger charge is -2.19. The molecule has 0 saturated heterocycles. The van der Waals surface area contributed by atoms with Crippen LogP contribution in [0.25, 0.3) is 88.3 Å². The van der Waals surface area contributed by atoms with Gasteiger partial charge in [0.15, 0.2) is 0 Å². The number of hydrogen-bond donors (Lipinski definition) is 0. The fourth-order valence-electron chi connectivity index (χ4n) is 7.67. The Morgan fingerprint density at radius 3 is 0.980 bits per heavy atom. The van der Waals surface area contributed by atoms with E-state index in [2.05, 4.69) is 207 Å². The van der Waals surface area contributed by atoms with Gasteiger partial charge in [0.25, 0.3) is 0 Å². The van der Waals surface area contributed by atoms with Crippen LogP contribution in [-0.4, -0.2) is 0 Å². The van der Waals surface area contributed by atoms with Crippen molar-refractivity contribution in [2.24, 2.45) is 0 Å². The van der Waals surface area contributed by atoms with Gasteiger partial charge in [0.2, 0.25) is 0 Å². The third-order valence-corrected chi connectivity index (χ3v) is 10.1. The number of aryl methyl sites for hydroxylation is 1. The molecule has 0 fully saturated rings. The normalized spacial score (nSPS) is 11.2. The van der Waals surface area contributed by atoms with Crippen molar-refractivity contribution in [3.63, 3.8) is 0 Å². The summed E-state index contributed by atoms with van der Waals surface area (Å²) in [5.74, 6) is 0. The lowest BCUT2D eigenvalue weighted by molar-refractivity contribution is 1.47. The Balaban J connectivity index is 1.33. The molecule has 9 aromatic rings. The average Bonchev–Trinajstić information content (AvgIpc) is 3.20. The molecule has 0 unspecified atom stereocenters. The van der Waals surface area contributed by atoms with E-state index in [9.17, 15) is 0 Å². The molecule has 0 aliphatic heterocycles. The van der Waals surface area contributed by atoms with Crippen LogP contribution in [0.15, 0.2) is 200 Å². The van der Waals surface area contributed by atoms with Crippen molar-refractivity contribution >= 4 is 21.5 Å². The zero-order valence-corrected chi connectivity index (χ0v) is 28.6. The maximum atomic E-state index is 2.40. The predicted molar refractivity (Wildman–Crippen MR) is 219 cm³/mol. The first kappa shape index (κ1) is 30.6. The van der Waals surface area contributed by atoms with Gasteiger partial charge in [0.05, 0.1) is 0 Å². The minimum Gasteiger partial charge on any atom is -0.0622 e. The third-order valence-electron chi connectivity index (χ3n) is 10.1. The Kier molecular flexibility index (Phi) is 7.84. The van der Waals surface area contributed by atoms with Crippen LogP contribution < -0.4 is 0 Å². The van der Waals surface area contributed by atoms with Crippen LogP contribution in [0, 0.1) is 6.92 Å². The standard InChI is InChI=1S/C51H36/c1-35-15-12-24-42(29-35)50-46-25-8-10-27-48(46)51(49-28-11-9-26-47(49)50)45-33-43(40-22-13-20-38(30-40)36-16-4-2-5-17-36)32-44(34-45)41-23-14-21-39(31-41)37-18-6-3-7-19-37/h2-34H,1H3. The average molecular weight is 649 g/mol. The molecular formula is C51H36. The van der Waals surface area contributed by atoms with Crippen molar-refractivity contribution in [3.8, 4) is 66.8 Å². The maximum absolute atomic E-state index is 2.40. The summed E-state index contributed by atoms with van der Waals surface area (Å²) in [6, 6.07) is 73.2. The van der Waals surface area contributed by atoms with Crippen molar-refractivity contribution in [3.05, 3.63) is 206 Å². The molecule has 0 amide bonds. The summed E-state index contributed by atoms with van der Waals surface area (Å²) in [6.07, 6.45) is 0. The molecule has 0 aliphatic carbocycles. The Morgan fingerprint density at radius 2 is 0.529 bits per heavy atom. The lowest BCUT2D eigenvalue weighted by Crippen LogP contribution is -1.93. The number of fused-ring (bicyclic) bond motifs is 2. The van der Waals surface area contributed by atoms with Gasteiger partial charge >= 0.3 is 0 Å². The van der Waals surface area contributed by atoms with Crippen LogP contribution in [0.2, 0.25) is 0 Å². The van der Waals surface area contributed by atoms with Gasteiger partial charge in [-0.1, -0.05) is 175 Å². The highest BCUT2D eigenvalue weighted by atomic mass is 14.2. The van der Waals surface area contributed by atoms with Crippen molar-refractivity contribution in [2.45, 2.75) is 6.92 Å². The summed E-state index contributed by atoms with van der Waals surface area (Å²) >= 11 is 0. The topological polar surface area (TPSA) is 0 Å². The van der Waals surface area contributed by atoms with Gasteiger partial charge in [-0.2, -0.15) is 0 Å². The summed E-state index contributed by atoms with van der Waals surface area (Å²) in [5, 5.41) is 5.04. The first-order chi connectivity index (χ1) is 25.2. The second-order valence-electron chi connectivity index (χ2n) is 13.4. The van der Waals surface area contributed by atoms with Gasteiger partial charge in [-0.25, -0.2) is 0 Å². The molecule has 9 rings (SSSR count). The fourth-order valence-corrected chi connectivity index (χ4v) is 7.67. The molecule has 0 atom stereocenters. The number of benzene rings is 9. The zero-order valence-electron chi connectivity index (χ0n) is 28.6. The van der Waals surface area contributed by atoms with Crippen molar-refractivity contribution in [2.75, 3.05) is 0 Å². The molecule has 0 N–H and O–H groups in total. The SMILES string of the molecule is Cc1cccc(-c2c3ccccc3c(-c3cc(-c4cccc(-c5ccccc5)c4)cc(-c4cccc(-c5ccccc5)c4)c3)c3ccccc23)c1. The van der Waals surface area contributed by atoms with Crippen molar-refractivity contribution < 1.29 is 0 Å². The second-order valence-corrected chi connectivity index (χ2v) is 13.4. The predicted octanol–water partition coefficient (Wildman–Crippen LogP) is 14.3. The molecule has 0 heteroatoms. The molecule has 9 aromatic carbocycles. The van der Waals surface area contributed by atoms with Crippen LogP contribution in [0.4, 0.5) is 0 Å².